The molecule has 0 aromatic carbocycles. The van der Waals surface area contributed by atoms with E-state index in [4.69, 9.17) is 11.5 Å². The second-order valence-electron chi connectivity index (χ2n) is 5.15. The van der Waals surface area contributed by atoms with Crippen LogP contribution in [-0.4, -0.2) is 29.9 Å². The highest BCUT2D eigenvalue weighted by atomic mass is 32.1. The van der Waals surface area contributed by atoms with E-state index < -0.39 is 0 Å². The van der Waals surface area contributed by atoms with Gasteiger partial charge in [0.15, 0.2) is 0 Å². The lowest BCUT2D eigenvalue weighted by Crippen LogP contribution is -2.45. The van der Waals surface area contributed by atoms with Crippen LogP contribution in [-0.2, 0) is 4.79 Å². The predicted molar refractivity (Wildman–Crippen MR) is 76.3 cm³/mol. The molecule has 2 atom stereocenters. The lowest BCUT2D eigenvalue weighted by Gasteiger charge is -2.34. The molecular formula is C13H23N3OS. The molecule has 1 aromatic rings. The summed E-state index contributed by atoms with van der Waals surface area (Å²) in [6, 6.07) is 2.07. The minimum atomic E-state index is -0.309. The molecule has 0 saturated carbocycles. The van der Waals surface area contributed by atoms with Crippen molar-refractivity contribution in [2.24, 2.45) is 17.4 Å². The predicted octanol–water partition coefficient (Wildman–Crippen LogP) is 1.58. The Labute approximate surface area is 113 Å². The van der Waals surface area contributed by atoms with E-state index in [9.17, 15) is 4.79 Å². The zero-order chi connectivity index (χ0) is 13.7. The van der Waals surface area contributed by atoms with E-state index in [0.29, 0.717) is 5.92 Å². The number of carbonyl (C=O) groups excluding carboxylic acids is 1. The highest BCUT2D eigenvalue weighted by molar-refractivity contribution is 7.07. The summed E-state index contributed by atoms with van der Waals surface area (Å²) in [6.07, 6.45) is 0. The smallest absolute Gasteiger partial charge is 0.231 e. The summed E-state index contributed by atoms with van der Waals surface area (Å²) in [4.78, 5) is 13.3. The van der Waals surface area contributed by atoms with Gasteiger partial charge in [-0.2, -0.15) is 11.3 Å². The van der Waals surface area contributed by atoms with Crippen LogP contribution in [0, 0.1) is 5.92 Å². The Kier molecular flexibility index (Phi) is 5.78. The Morgan fingerprint density at radius 2 is 2.11 bits per heavy atom. The Morgan fingerprint density at radius 1 is 1.44 bits per heavy atom. The van der Waals surface area contributed by atoms with Crippen molar-refractivity contribution >= 4 is 17.2 Å². The third-order valence-electron chi connectivity index (χ3n) is 2.73. The molecule has 0 fully saturated rings. The largest absolute Gasteiger partial charge is 0.369 e. The van der Waals surface area contributed by atoms with E-state index in [1.54, 1.807) is 11.3 Å². The topological polar surface area (TPSA) is 72.3 Å². The van der Waals surface area contributed by atoms with Crippen LogP contribution in [0.3, 0.4) is 0 Å². The van der Waals surface area contributed by atoms with Crippen molar-refractivity contribution in [1.82, 2.24) is 4.90 Å². The van der Waals surface area contributed by atoms with Crippen LogP contribution in [0.4, 0.5) is 0 Å². The number of primary amides is 1. The fourth-order valence-electron chi connectivity index (χ4n) is 2.24. The second-order valence-corrected chi connectivity index (χ2v) is 5.93. The third-order valence-corrected chi connectivity index (χ3v) is 3.44. The molecule has 0 radical (unpaired) electrons. The van der Waals surface area contributed by atoms with Gasteiger partial charge in [-0.05, 0) is 35.2 Å². The van der Waals surface area contributed by atoms with Gasteiger partial charge in [0.2, 0.25) is 5.91 Å². The standard InChI is InChI=1S/C13H23N3OS/c1-9(2)6-16(7-12(15)17)13(10(3)14)11-4-5-18-8-11/h4-5,8-10,13H,6-7,14H2,1-3H3,(H2,15,17). The SMILES string of the molecule is CC(C)CN(CC(N)=O)C(c1ccsc1)C(C)N. The monoisotopic (exact) mass is 269 g/mol. The zero-order valence-electron chi connectivity index (χ0n) is 11.3. The molecule has 18 heavy (non-hydrogen) atoms. The molecule has 5 heteroatoms. The molecule has 0 aliphatic rings. The van der Waals surface area contributed by atoms with Crippen molar-refractivity contribution in [2.45, 2.75) is 32.9 Å². The minimum absolute atomic E-state index is 0.0438. The Bertz CT molecular complexity index is 362. The molecule has 102 valence electrons. The molecule has 0 aliphatic heterocycles. The van der Waals surface area contributed by atoms with Crippen molar-refractivity contribution < 1.29 is 4.79 Å². The number of hydrogen-bond acceptors (Lipinski definition) is 4. The number of nitrogens with zero attached hydrogens (tertiary/aromatic N) is 1. The second kappa shape index (κ2) is 6.87. The fourth-order valence-corrected chi connectivity index (χ4v) is 2.93. The first-order valence-corrected chi connectivity index (χ1v) is 7.16. The summed E-state index contributed by atoms with van der Waals surface area (Å²) >= 11 is 1.64. The van der Waals surface area contributed by atoms with Crippen molar-refractivity contribution in [1.29, 1.82) is 0 Å². The van der Waals surface area contributed by atoms with E-state index in [2.05, 4.69) is 30.2 Å². The number of carbonyl (C=O) groups is 1. The Hall–Kier alpha value is -0.910. The van der Waals surface area contributed by atoms with Gasteiger partial charge in [-0.1, -0.05) is 13.8 Å². The van der Waals surface area contributed by atoms with E-state index >= 15 is 0 Å². The molecule has 2 unspecified atom stereocenters. The van der Waals surface area contributed by atoms with Gasteiger partial charge in [-0.25, -0.2) is 0 Å². The normalized spacial score (nSPS) is 15.0. The van der Waals surface area contributed by atoms with Gasteiger partial charge in [0.1, 0.15) is 0 Å². The van der Waals surface area contributed by atoms with E-state index in [0.717, 1.165) is 12.1 Å². The fraction of sp³-hybridized carbons (Fsp3) is 0.615. The number of amides is 1. The maximum absolute atomic E-state index is 11.2. The molecule has 0 aliphatic carbocycles. The molecule has 1 rings (SSSR count). The van der Waals surface area contributed by atoms with Crippen LogP contribution in [0.15, 0.2) is 16.8 Å². The lowest BCUT2D eigenvalue weighted by atomic mass is 10.0. The summed E-state index contributed by atoms with van der Waals surface area (Å²) in [5, 5.41) is 4.12. The molecule has 4 nitrogen and oxygen atoms in total. The summed E-state index contributed by atoms with van der Waals surface area (Å²) in [5.74, 6) is 0.153. The molecule has 0 spiro atoms. The first kappa shape index (κ1) is 15.1. The van der Waals surface area contributed by atoms with Crippen molar-refractivity contribution in [2.75, 3.05) is 13.1 Å². The van der Waals surface area contributed by atoms with Gasteiger partial charge in [-0.3, -0.25) is 9.69 Å². The van der Waals surface area contributed by atoms with Gasteiger partial charge >= 0.3 is 0 Å². The maximum Gasteiger partial charge on any atom is 0.231 e. The maximum atomic E-state index is 11.2. The highest BCUT2D eigenvalue weighted by Crippen LogP contribution is 2.26. The van der Waals surface area contributed by atoms with Crippen LogP contribution in [0.2, 0.25) is 0 Å². The lowest BCUT2D eigenvalue weighted by molar-refractivity contribution is -0.120. The third kappa shape index (κ3) is 4.40. The molecule has 0 bridgehead atoms. The number of thiophene rings is 1. The molecular weight excluding hydrogens is 246 g/mol. The Balaban J connectivity index is 2.93. The first-order valence-electron chi connectivity index (χ1n) is 6.21. The molecule has 0 saturated heterocycles. The first-order chi connectivity index (χ1) is 8.41. The van der Waals surface area contributed by atoms with Crippen molar-refractivity contribution in [3.8, 4) is 0 Å². The Morgan fingerprint density at radius 3 is 2.50 bits per heavy atom. The van der Waals surface area contributed by atoms with Crippen LogP contribution >= 0.6 is 11.3 Å². The van der Waals surface area contributed by atoms with Gasteiger partial charge in [0.05, 0.1) is 12.6 Å². The van der Waals surface area contributed by atoms with Gasteiger partial charge in [0.25, 0.3) is 0 Å². The van der Waals surface area contributed by atoms with Crippen LogP contribution < -0.4 is 11.5 Å². The van der Waals surface area contributed by atoms with E-state index in [-0.39, 0.29) is 24.5 Å². The zero-order valence-corrected chi connectivity index (χ0v) is 12.1. The summed E-state index contributed by atoms with van der Waals surface area (Å²) < 4.78 is 0. The average molecular weight is 269 g/mol. The minimum Gasteiger partial charge on any atom is -0.369 e. The molecule has 1 aromatic heterocycles. The van der Waals surface area contributed by atoms with Crippen LogP contribution in [0.25, 0.3) is 0 Å². The van der Waals surface area contributed by atoms with Crippen molar-refractivity contribution in [3.63, 3.8) is 0 Å². The van der Waals surface area contributed by atoms with E-state index in [1.807, 2.05) is 12.3 Å². The van der Waals surface area contributed by atoms with Crippen molar-refractivity contribution in [3.05, 3.63) is 22.4 Å². The average Bonchev–Trinajstić information content (AvgIpc) is 2.68. The quantitative estimate of drug-likeness (QED) is 0.789. The molecule has 4 N–H and O–H groups in total. The van der Waals surface area contributed by atoms with E-state index in [1.165, 1.54) is 0 Å². The number of nitrogens with two attached hydrogens (primary N) is 2. The summed E-state index contributed by atoms with van der Waals surface area (Å²) in [7, 11) is 0. The summed E-state index contributed by atoms with van der Waals surface area (Å²) in [6.45, 7) is 7.28. The number of hydrogen-bond donors (Lipinski definition) is 2. The molecule has 1 amide bonds. The van der Waals surface area contributed by atoms with Gasteiger partial charge in [0, 0.05) is 12.6 Å². The molecule has 1 heterocycles. The van der Waals surface area contributed by atoms with Crippen LogP contribution in [0.1, 0.15) is 32.4 Å². The van der Waals surface area contributed by atoms with Gasteiger partial charge < -0.3 is 11.5 Å². The number of rotatable bonds is 7. The van der Waals surface area contributed by atoms with Gasteiger partial charge in [-0.15, -0.1) is 0 Å². The highest BCUT2D eigenvalue weighted by Gasteiger charge is 2.26. The summed E-state index contributed by atoms with van der Waals surface area (Å²) in [5.41, 5.74) is 12.6. The van der Waals surface area contributed by atoms with Crippen LogP contribution in [0.5, 0.6) is 0 Å².